The van der Waals surface area contributed by atoms with Gasteiger partial charge in [0.2, 0.25) is 0 Å². The Balaban J connectivity index is 2.14. The van der Waals surface area contributed by atoms with E-state index in [1.165, 1.54) is 0 Å². The van der Waals surface area contributed by atoms with Crippen molar-refractivity contribution in [2.45, 2.75) is 31.7 Å². The summed E-state index contributed by atoms with van der Waals surface area (Å²) >= 11 is 2.00. The molecule has 2 atom stereocenters. The van der Waals surface area contributed by atoms with Crippen molar-refractivity contribution in [3.63, 3.8) is 0 Å². The Morgan fingerprint density at radius 1 is 1.67 bits per heavy atom. The zero-order chi connectivity index (χ0) is 10.8. The van der Waals surface area contributed by atoms with Crippen molar-refractivity contribution < 1.29 is 4.42 Å². The number of thioether (sulfide) groups is 1. The molecule has 2 rings (SSSR count). The Labute approximate surface area is 94.2 Å². The molecule has 1 aliphatic rings. The maximum absolute atomic E-state index is 5.51. The van der Waals surface area contributed by atoms with Crippen LogP contribution in [-0.4, -0.2) is 28.6 Å². The molecule has 0 spiro atoms. The molecule has 4 nitrogen and oxygen atoms in total. The van der Waals surface area contributed by atoms with Crippen molar-refractivity contribution >= 4 is 17.8 Å². The van der Waals surface area contributed by atoms with Gasteiger partial charge in [-0.25, -0.2) is 0 Å². The maximum Gasteiger partial charge on any atom is 0.297 e. The van der Waals surface area contributed by atoms with Gasteiger partial charge in [-0.3, -0.25) is 0 Å². The number of nitrogens with zero attached hydrogens (tertiary/aromatic N) is 2. The van der Waals surface area contributed by atoms with Gasteiger partial charge in [-0.1, -0.05) is 6.92 Å². The van der Waals surface area contributed by atoms with Gasteiger partial charge in [0, 0.05) is 30.1 Å². The van der Waals surface area contributed by atoms with E-state index in [-0.39, 0.29) is 0 Å². The fourth-order valence-electron chi connectivity index (χ4n) is 1.73. The summed E-state index contributed by atoms with van der Waals surface area (Å²) in [6, 6.07) is 1.18. The zero-order valence-electron chi connectivity index (χ0n) is 9.14. The second-order valence-corrected chi connectivity index (χ2v) is 5.32. The Morgan fingerprint density at radius 3 is 3.13 bits per heavy atom. The summed E-state index contributed by atoms with van der Waals surface area (Å²) in [7, 11) is 0. The molecule has 2 unspecified atom stereocenters. The molecule has 15 heavy (non-hydrogen) atoms. The highest BCUT2D eigenvalue weighted by Crippen LogP contribution is 2.28. The second-order valence-electron chi connectivity index (χ2n) is 3.84. The van der Waals surface area contributed by atoms with Crippen molar-refractivity contribution in [3.05, 3.63) is 12.0 Å². The second kappa shape index (κ2) is 4.45. The van der Waals surface area contributed by atoms with E-state index in [4.69, 9.17) is 10.2 Å². The lowest BCUT2D eigenvalue weighted by Gasteiger charge is -2.36. The fraction of sp³-hybridized carbons (Fsp3) is 0.700. The minimum absolute atomic E-state index is 0.441. The lowest BCUT2D eigenvalue weighted by atomic mass is 10.2. The summed E-state index contributed by atoms with van der Waals surface area (Å²) in [5.74, 6) is 1.13. The first-order valence-corrected chi connectivity index (χ1v) is 6.30. The summed E-state index contributed by atoms with van der Waals surface area (Å²) < 4.78 is 5.44. The summed E-state index contributed by atoms with van der Waals surface area (Å²) in [4.78, 5) is 6.58. The van der Waals surface area contributed by atoms with Gasteiger partial charge < -0.3 is 15.1 Å². The van der Waals surface area contributed by atoms with Crippen LogP contribution >= 0.6 is 11.8 Å². The maximum atomic E-state index is 5.51. The first-order chi connectivity index (χ1) is 7.22. The number of nitrogens with two attached hydrogens (primary N) is 1. The Kier molecular flexibility index (Phi) is 3.21. The van der Waals surface area contributed by atoms with E-state index in [0.717, 1.165) is 24.0 Å². The third-order valence-corrected chi connectivity index (χ3v) is 4.22. The topological polar surface area (TPSA) is 55.3 Å². The average molecular weight is 227 g/mol. The zero-order valence-corrected chi connectivity index (χ0v) is 9.96. The Morgan fingerprint density at radius 2 is 2.47 bits per heavy atom. The SMILES string of the molecule is CC1SCCN(c2nc(CN)co2)C1C. The number of hydrogen-bond acceptors (Lipinski definition) is 5. The predicted molar refractivity (Wildman–Crippen MR) is 63.1 cm³/mol. The molecule has 1 fully saturated rings. The largest absolute Gasteiger partial charge is 0.432 e. The quantitative estimate of drug-likeness (QED) is 0.829. The molecule has 2 heterocycles. The van der Waals surface area contributed by atoms with Crippen molar-refractivity contribution in [2.75, 3.05) is 17.2 Å². The average Bonchev–Trinajstić information content (AvgIpc) is 2.70. The van der Waals surface area contributed by atoms with Crippen LogP contribution in [0, 0.1) is 0 Å². The van der Waals surface area contributed by atoms with E-state index >= 15 is 0 Å². The van der Waals surface area contributed by atoms with Crippen LogP contribution in [0.2, 0.25) is 0 Å². The monoisotopic (exact) mass is 227 g/mol. The first kappa shape index (κ1) is 10.8. The van der Waals surface area contributed by atoms with Crippen molar-refractivity contribution in [1.29, 1.82) is 0 Å². The molecule has 1 saturated heterocycles. The van der Waals surface area contributed by atoms with Crippen LogP contribution in [-0.2, 0) is 6.54 Å². The summed E-state index contributed by atoms with van der Waals surface area (Å²) in [6.45, 7) is 5.90. The minimum Gasteiger partial charge on any atom is -0.432 e. The molecule has 0 bridgehead atoms. The van der Waals surface area contributed by atoms with Gasteiger partial charge in [-0.15, -0.1) is 0 Å². The standard InChI is InChI=1S/C10H17N3OS/c1-7-8(2)15-4-3-13(7)10-12-9(5-11)6-14-10/h6-8H,3-5,11H2,1-2H3. The van der Waals surface area contributed by atoms with Crippen LogP contribution in [0.25, 0.3) is 0 Å². The Hall–Kier alpha value is -0.680. The molecule has 0 aromatic carbocycles. The highest BCUT2D eigenvalue weighted by atomic mass is 32.2. The number of hydrogen-bond donors (Lipinski definition) is 1. The molecule has 0 amide bonds. The molecule has 2 N–H and O–H groups in total. The van der Waals surface area contributed by atoms with Gasteiger partial charge in [0.05, 0.1) is 5.69 Å². The van der Waals surface area contributed by atoms with Crippen LogP contribution in [0.5, 0.6) is 0 Å². The van der Waals surface area contributed by atoms with E-state index in [9.17, 15) is 0 Å². The van der Waals surface area contributed by atoms with Crippen LogP contribution < -0.4 is 10.6 Å². The number of anilines is 1. The molecule has 5 heteroatoms. The summed E-state index contributed by atoms with van der Waals surface area (Å²) in [6.07, 6.45) is 1.65. The number of rotatable bonds is 2. The molecule has 1 aliphatic heterocycles. The molecular weight excluding hydrogens is 210 g/mol. The van der Waals surface area contributed by atoms with Gasteiger partial charge in [-0.2, -0.15) is 16.7 Å². The minimum atomic E-state index is 0.441. The van der Waals surface area contributed by atoms with Crippen molar-refractivity contribution in [2.24, 2.45) is 5.73 Å². The smallest absolute Gasteiger partial charge is 0.297 e. The lowest BCUT2D eigenvalue weighted by molar-refractivity contribution is 0.500. The molecule has 84 valence electrons. The molecule has 0 saturated carbocycles. The third-order valence-electron chi connectivity index (χ3n) is 2.88. The van der Waals surface area contributed by atoms with Gasteiger partial charge in [0.15, 0.2) is 0 Å². The molecule has 1 aromatic rings. The van der Waals surface area contributed by atoms with E-state index in [1.807, 2.05) is 11.8 Å². The molecule has 1 aromatic heterocycles. The lowest BCUT2D eigenvalue weighted by Crippen LogP contribution is -2.44. The molecule has 0 radical (unpaired) electrons. The van der Waals surface area contributed by atoms with Crippen molar-refractivity contribution in [1.82, 2.24) is 4.98 Å². The fourth-order valence-corrected chi connectivity index (χ4v) is 2.82. The van der Waals surface area contributed by atoms with Crippen LogP contribution in [0.15, 0.2) is 10.7 Å². The Bertz CT molecular complexity index is 328. The normalized spacial score (nSPS) is 27.0. The van der Waals surface area contributed by atoms with Crippen LogP contribution in [0.3, 0.4) is 0 Å². The predicted octanol–water partition coefficient (Wildman–Crippen LogP) is 1.46. The van der Waals surface area contributed by atoms with Gasteiger partial charge in [0.25, 0.3) is 6.01 Å². The van der Waals surface area contributed by atoms with Crippen LogP contribution in [0.4, 0.5) is 6.01 Å². The molecule has 0 aliphatic carbocycles. The highest BCUT2D eigenvalue weighted by molar-refractivity contribution is 8.00. The number of aromatic nitrogens is 1. The van der Waals surface area contributed by atoms with E-state index in [1.54, 1.807) is 6.26 Å². The third kappa shape index (κ3) is 2.13. The molecular formula is C10H17N3OS. The summed E-state index contributed by atoms with van der Waals surface area (Å²) in [5.41, 5.74) is 6.33. The number of oxazole rings is 1. The van der Waals surface area contributed by atoms with Gasteiger partial charge >= 0.3 is 0 Å². The van der Waals surface area contributed by atoms with Crippen LogP contribution in [0.1, 0.15) is 19.5 Å². The van der Waals surface area contributed by atoms with E-state index in [2.05, 4.69) is 23.7 Å². The van der Waals surface area contributed by atoms with Crippen molar-refractivity contribution in [3.8, 4) is 0 Å². The summed E-state index contributed by atoms with van der Waals surface area (Å²) in [5, 5.41) is 0.618. The highest BCUT2D eigenvalue weighted by Gasteiger charge is 2.28. The van der Waals surface area contributed by atoms with Gasteiger partial charge in [0.1, 0.15) is 6.26 Å². The van der Waals surface area contributed by atoms with E-state index < -0.39 is 0 Å². The van der Waals surface area contributed by atoms with E-state index in [0.29, 0.717) is 17.8 Å². The van der Waals surface area contributed by atoms with Gasteiger partial charge in [-0.05, 0) is 6.92 Å². The first-order valence-electron chi connectivity index (χ1n) is 5.25.